The average Bonchev–Trinajstić information content (AvgIpc) is 2.95. The van der Waals surface area contributed by atoms with Crippen LogP contribution in [0.5, 0.6) is 0 Å². The normalized spacial score (nSPS) is 15.5. The Morgan fingerprint density at radius 3 is 2.86 bits per heavy atom. The van der Waals surface area contributed by atoms with Gasteiger partial charge in [0.25, 0.3) is 0 Å². The summed E-state index contributed by atoms with van der Waals surface area (Å²) in [6.45, 7) is 3.11. The highest BCUT2D eigenvalue weighted by atomic mass is 14.9. The number of rotatable bonds is 4. The highest BCUT2D eigenvalue weighted by molar-refractivity contribution is 5.58. The van der Waals surface area contributed by atoms with E-state index < -0.39 is 0 Å². The monoisotopic (exact) mass is 190 g/mol. The van der Waals surface area contributed by atoms with Crippen molar-refractivity contribution in [2.45, 2.75) is 26.2 Å². The molecular weight excluding hydrogens is 172 g/mol. The second kappa shape index (κ2) is 3.91. The maximum Gasteiger partial charge on any atom is 0.0364 e. The highest BCUT2D eigenvalue weighted by Gasteiger charge is 2.19. The summed E-state index contributed by atoms with van der Waals surface area (Å²) in [5, 5.41) is 3.40. The van der Waals surface area contributed by atoms with E-state index in [1.165, 1.54) is 19.3 Å². The Hall–Kier alpha value is -1.18. The molecule has 1 aromatic rings. The van der Waals surface area contributed by atoms with E-state index >= 15 is 0 Å². The number of hydrogen-bond donors (Lipinski definition) is 2. The third kappa shape index (κ3) is 2.41. The number of aryl methyl sites for hydroxylation is 1. The first-order valence-corrected chi connectivity index (χ1v) is 5.36. The molecule has 0 aromatic heterocycles. The Balaban J connectivity index is 1.85. The number of benzene rings is 1. The molecule has 3 N–H and O–H groups in total. The minimum atomic E-state index is 0.876. The van der Waals surface area contributed by atoms with Crippen LogP contribution in [-0.4, -0.2) is 6.54 Å². The van der Waals surface area contributed by atoms with Gasteiger partial charge in [0.15, 0.2) is 0 Å². The third-order valence-corrected chi connectivity index (χ3v) is 2.86. The lowest BCUT2D eigenvalue weighted by Crippen LogP contribution is -2.03. The lowest BCUT2D eigenvalue weighted by molar-refractivity contribution is 0.760. The molecule has 0 bridgehead atoms. The molecule has 0 aliphatic heterocycles. The summed E-state index contributed by atoms with van der Waals surface area (Å²) in [5.41, 5.74) is 9.00. The van der Waals surface area contributed by atoms with Crippen LogP contribution in [0.4, 0.5) is 11.4 Å². The number of nitrogens with one attached hydrogen (secondary N) is 1. The number of nitrogens with two attached hydrogens (primary N) is 1. The van der Waals surface area contributed by atoms with Crippen molar-refractivity contribution in [1.29, 1.82) is 0 Å². The van der Waals surface area contributed by atoms with E-state index in [0.717, 1.165) is 29.4 Å². The Morgan fingerprint density at radius 2 is 2.21 bits per heavy atom. The van der Waals surface area contributed by atoms with Gasteiger partial charge in [0, 0.05) is 17.9 Å². The summed E-state index contributed by atoms with van der Waals surface area (Å²) >= 11 is 0. The van der Waals surface area contributed by atoms with Crippen LogP contribution in [0.25, 0.3) is 0 Å². The van der Waals surface area contributed by atoms with Crippen LogP contribution >= 0.6 is 0 Å². The van der Waals surface area contributed by atoms with Crippen molar-refractivity contribution in [2.75, 3.05) is 17.6 Å². The molecule has 0 saturated heterocycles. The van der Waals surface area contributed by atoms with Gasteiger partial charge in [0.1, 0.15) is 0 Å². The minimum absolute atomic E-state index is 0.876. The van der Waals surface area contributed by atoms with Gasteiger partial charge >= 0.3 is 0 Å². The smallest absolute Gasteiger partial charge is 0.0364 e. The quantitative estimate of drug-likeness (QED) is 0.716. The van der Waals surface area contributed by atoms with E-state index in [9.17, 15) is 0 Å². The fourth-order valence-corrected chi connectivity index (χ4v) is 1.58. The Morgan fingerprint density at radius 1 is 1.43 bits per heavy atom. The van der Waals surface area contributed by atoms with E-state index in [4.69, 9.17) is 5.73 Å². The third-order valence-electron chi connectivity index (χ3n) is 2.86. The van der Waals surface area contributed by atoms with Gasteiger partial charge in [-0.1, -0.05) is 18.9 Å². The van der Waals surface area contributed by atoms with Crippen LogP contribution in [0.2, 0.25) is 0 Å². The highest BCUT2D eigenvalue weighted by Crippen LogP contribution is 2.32. The van der Waals surface area contributed by atoms with Crippen molar-refractivity contribution in [3.05, 3.63) is 23.8 Å². The first-order chi connectivity index (χ1) is 6.75. The minimum Gasteiger partial charge on any atom is -0.398 e. The van der Waals surface area contributed by atoms with Gasteiger partial charge in [-0.25, -0.2) is 0 Å². The average molecular weight is 190 g/mol. The molecule has 0 spiro atoms. The lowest BCUT2D eigenvalue weighted by atomic mass is 10.2. The molecule has 1 fully saturated rings. The molecule has 2 heteroatoms. The van der Waals surface area contributed by atoms with Crippen LogP contribution in [0.1, 0.15) is 24.8 Å². The molecule has 2 rings (SSSR count). The topological polar surface area (TPSA) is 38.0 Å². The summed E-state index contributed by atoms with van der Waals surface area (Å²) in [4.78, 5) is 0. The zero-order valence-electron chi connectivity index (χ0n) is 8.72. The summed E-state index contributed by atoms with van der Waals surface area (Å²) in [6.07, 6.45) is 4.16. The summed E-state index contributed by atoms with van der Waals surface area (Å²) in [5.74, 6) is 0.991. The molecule has 1 aliphatic carbocycles. The number of anilines is 2. The molecule has 0 atom stereocenters. The molecule has 14 heavy (non-hydrogen) atoms. The molecule has 2 nitrogen and oxygen atoms in total. The zero-order chi connectivity index (χ0) is 9.97. The van der Waals surface area contributed by atoms with Gasteiger partial charge in [-0.15, -0.1) is 0 Å². The molecule has 0 unspecified atom stereocenters. The van der Waals surface area contributed by atoms with Crippen molar-refractivity contribution in [1.82, 2.24) is 0 Å². The summed E-state index contributed by atoms with van der Waals surface area (Å²) in [7, 11) is 0. The molecule has 0 amide bonds. The van der Waals surface area contributed by atoms with Crippen molar-refractivity contribution >= 4 is 11.4 Å². The Bertz CT molecular complexity index is 316. The fraction of sp³-hybridized carbons (Fsp3) is 0.500. The maximum atomic E-state index is 5.82. The Labute approximate surface area is 85.5 Å². The predicted molar refractivity (Wildman–Crippen MR) is 61.4 cm³/mol. The van der Waals surface area contributed by atoms with E-state index in [2.05, 4.69) is 17.4 Å². The number of nitrogen functional groups attached to an aromatic ring is 1. The Kier molecular flexibility index (Phi) is 2.62. The van der Waals surface area contributed by atoms with Crippen molar-refractivity contribution in [2.24, 2.45) is 5.92 Å². The largest absolute Gasteiger partial charge is 0.398 e. The van der Waals surface area contributed by atoms with E-state index in [-0.39, 0.29) is 0 Å². The van der Waals surface area contributed by atoms with Gasteiger partial charge in [0.05, 0.1) is 0 Å². The first-order valence-electron chi connectivity index (χ1n) is 5.36. The van der Waals surface area contributed by atoms with Gasteiger partial charge in [-0.2, -0.15) is 0 Å². The standard InChI is InChI=1S/C12H18N2/c1-9-2-5-11(8-12(9)13)14-7-6-10-3-4-10/h2,5,8,10,14H,3-4,6-7,13H2,1H3. The molecule has 76 valence electrons. The van der Waals surface area contributed by atoms with Gasteiger partial charge in [-0.3, -0.25) is 0 Å². The van der Waals surface area contributed by atoms with Crippen molar-refractivity contribution in [3.8, 4) is 0 Å². The second-order valence-electron chi connectivity index (χ2n) is 4.23. The molecule has 0 heterocycles. The van der Waals surface area contributed by atoms with E-state index in [0.29, 0.717) is 0 Å². The van der Waals surface area contributed by atoms with Crippen LogP contribution in [-0.2, 0) is 0 Å². The summed E-state index contributed by atoms with van der Waals surface area (Å²) in [6, 6.07) is 6.18. The zero-order valence-corrected chi connectivity index (χ0v) is 8.72. The van der Waals surface area contributed by atoms with Crippen molar-refractivity contribution < 1.29 is 0 Å². The molecule has 1 aliphatic rings. The van der Waals surface area contributed by atoms with E-state index in [1.54, 1.807) is 0 Å². The molecule has 1 saturated carbocycles. The van der Waals surface area contributed by atoms with Crippen LogP contribution in [0.3, 0.4) is 0 Å². The fourth-order valence-electron chi connectivity index (χ4n) is 1.58. The van der Waals surface area contributed by atoms with Crippen LogP contribution < -0.4 is 11.1 Å². The van der Waals surface area contributed by atoms with Crippen molar-refractivity contribution in [3.63, 3.8) is 0 Å². The number of hydrogen-bond acceptors (Lipinski definition) is 2. The lowest BCUT2D eigenvalue weighted by Gasteiger charge is -2.07. The second-order valence-corrected chi connectivity index (χ2v) is 4.23. The van der Waals surface area contributed by atoms with E-state index in [1.807, 2.05) is 13.0 Å². The molecule has 1 aromatic carbocycles. The summed E-state index contributed by atoms with van der Waals surface area (Å²) < 4.78 is 0. The first kappa shape index (κ1) is 9.38. The van der Waals surface area contributed by atoms with Crippen LogP contribution in [0.15, 0.2) is 18.2 Å². The predicted octanol–water partition coefficient (Wildman–Crippen LogP) is 2.79. The van der Waals surface area contributed by atoms with Crippen LogP contribution in [0, 0.1) is 12.8 Å². The maximum absolute atomic E-state index is 5.82. The van der Waals surface area contributed by atoms with Gasteiger partial charge in [0.2, 0.25) is 0 Å². The SMILES string of the molecule is Cc1ccc(NCCC2CC2)cc1N. The molecule has 0 radical (unpaired) electrons. The van der Waals surface area contributed by atoms with Gasteiger partial charge in [-0.05, 0) is 37.0 Å². The molecular formula is C12H18N2. The van der Waals surface area contributed by atoms with Gasteiger partial charge < -0.3 is 11.1 Å².